The van der Waals surface area contributed by atoms with Crippen molar-refractivity contribution >= 4 is 29.3 Å². The van der Waals surface area contributed by atoms with Gasteiger partial charge >= 0.3 is 12.0 Å². The summed E-state index contributed by atoms with van der Waals surface area (Å²) in [5, 5.41) is 12.2. The summed E-state index contributed by atoms with van der Waals surface area (Å²) in [4.78, 5) is 25.3. The van der Waals surface area contributed by atoms with Crippen molar-refractivity contribution in [3.63, 3.8) is 0 Å². The van der Waals surface area contributed by atoms with Crippen molar-refractivity contribution in [2.24, 2.45) is 11.8 Å². The van der Waals surface area contributed by atoms with Gasteiger partial charge in [0.1, 0.15) is 0 Å². The van der Waals surface area contributed by atoms with Gasteiger partial charge in [0.25, 0.3) is 0 Å². The highest BCUT2D eigenvalue weighted by Crippen LogP contribution is 2.37. The Balaban J connectivity index is 1.72. The Morgan fingerprint density at radius 2 is 1.90 bits per heavy atom. The van der Waals surface area contributed by atoms with Gasteiger partial charge in [-0.1, -0.05) is 18.0 Å². The lowest BCUT2D eigenvalue weighted by Crippen LogP contribution is -2.34. The van der Waals surface area contributed by atoms with Crippen molar-refractivity contribution < 1.29 is 14.7 Å². The zero-order chi connectivity index (χ0) is 15.0. The average molecular weight is 309 g/mol. The van der Waals surface area contributed by atoms with Crippen molar-refractivity contribution in [2.75, 3.05) is 18.4 Å². The Labute approximate surface area is 127 Å². The quantitative estimate of drug-likeness (QED) is 0.880. The van der Waals surface area contributed by atoms with Crippen LogP contribution in [0.15, 0.2) is 18.2 Å². The lowest BCUT2D eigenvalue weighted by Gasteiger charge is -2.19. The molecule has 0 bridgehead atoms. The molecule has 1 heterocycles. The number of halogens is 1. The molecule has 1 saturated heterocycles. The van der Waals surface area contributed by atoms with Crippen LogP contribution in [-0.4, -0.2) is 35.1 Å². The maximum Gasteiger partial charge on any atom is 0.337 e. The second-order valence-electron chi connectivity index (χ2n) is 5.78. The Morgan fingerprint density at radius 3 is 2.52 bits per heavy atom. The molecular weight excluding hydrogens is 292 g/mol. The first-order valence-electron chi connectivity index (χ1n) is 7.13. The van der Waals surface area contributed by atoms with E-state index in [0.29, 0.717) is 16.9 Å². The van der Waals surface area contributed by atoms with Gasteiger partial charge in [0.15, 0.2) is 0 Å². The van der Waals surface area contributed by atoms with Crippen LogP contribution in [0.5, 0.6) is 0 Å². The van der Waals surface area contributed by atoms with Gasteiger partial charge in [-0.05, 0) is 42.9 Å². The fraction of sp³-hybridized carbons (Fsp3) is 0.467. The van der Waals surface area contributed by atoms with Crippen LogP contribution in [0, 0.1) is 11.8 Å². The van der Waals surface area contributed by atoms with Crippen LogP contribution in [0.2, 0.25) is 5.02 Å². The van der Waals surface area contributed by atoms with Crippen LogP contribution >= 0.6 is 11.6 Å². The van der Waals surface area contributed by atoms with E-state index in [9.17, 15) is 14.7 Å². The van der Waals surface area contributed by atoms with Crippen LogP contribution in [0.3, 0.4) is 0 Å². The number of rotatable bonds is 2. The van der Waals surface area contributed by atoms with Gasteiger partial charge in [-0.25, -0.2) is 9.59 Å². The number of fused-ring (bicyclic) bond motifs is 1. The van der Waals surface area contributed by atoms with Crippen LogP contribution in [-0.2, 0) is 0 Å². The van der Waals surface area contributed by atoms with Gasteiger partial charge in [0.05, 0.1) is 11.3 Å². The van der Waals surface area contributed by atoms with Gasteiger partial charge < -0.3 is 15.3 Å². The lowest BCUT2D eigenvalue weighted by atomic mass is 10.0. The third-order valence-corrected chi connectivity index (χ3v) is 4.70. The van der Waals surface area contributed by atoms with Crippen molar-refractivity contribution in [1.82, 2.24) is 4.90 Å². The zero-order valence-electron chi connectivity index (χ0n) is 11.5. The molecule has 21 heavy (non-hydrogen) atoms. The number of carboxylic acid groups (broad SMARTS) is 1. The molecule has 112 valence electrons. The average Bonchev–Trinajstić information content (AvgIpc) is 3.01. The number of likely N-dealkylation sites (tertiary alicyclic amines) is 1. The summed E-state index contributed by atoms with van der Waals surface area (Å²) in [7, 11) is 0. The Morgan fingerprint density at radius 1 is 1.24 bits per heavy atom. The second kappa shape index (κ2) is 5.56. The number of hydrogen-bond donors (Lipinski definition) is 2. The highest BCUT2D eigenvalue weighted by Gasteiger charge is 2.38. The molecule has 2 aliphatic rings. The number of carbonyl (C=O) groups is 2. The summed E-state index contributed by atoms with van der Waals surface area (Å²) in [6.45, 7) is 1.54. The molecular formula is C15H17ClN2O3. The Hall–Kier alpha value is -1.75. The first-order valence-corrected chi connectivity index (χ1v) is 7.51. The van der Waals surface area contributed by atoms with E-state index in [1.54, 1.807) is 11.0 Å². The summed E-state index contributed by atoms with van der Waals surface area (Å²) >= 11 is 5.80. The van der Waals surface area contributed by atoms with Crippen molar-refractivity contribution in [3.8, 4) is 0 Å². The summed E-state index contributed by atoms with van der Waals surface area (Å²) in [6, 6.07) is 4.22. The summed E-state index contributed by atoms with van der Waals surface area (Å²) in [5.41, 5.74) is 0.296. The number of amides is 2. The number of urea groups is 1. The number of anilines is 1. The summed E-state index contributed by atoms with van der Waals surface area (Å²) in [6.07, 6.45) is 3.64. The monoisotopic (exact) mass is 308 g/mol. The SMILES string of the molecule is O=C(O)c1cc(Cl)ccc1NC(=O)N1CC2CCCC2C1. The molecule has 0 spiro atoms. The zero-order valence-corrected chi connectivity index (χ0v) is 12.3. The predicted octanol–water partition coefficient (Wildman–Crippen LogP) is 3.30. The Kier molecular flexibility index (Phi) is 3.76. The molecule has 2 atom stereocenters. The topological polar surface area (TPSA) is 69.6 Å². The third-order valence-electron chi connectivity index (χ3n) is 4.47. The molecule has 0 radical (unpaired) electrons. The maximum atomic E-state index is 12.3. The molecule has 0 aromatic heterocycles. The van der Waals surface area contributed by atoms with Crippen LogP contribution < -0.4 is 5.32 Å². The molecule has 2 amide bonds. The minimum Gasteiger partial charge on any atom is -0.478 e. The number of aromatic carboxylic acids is 1. The number of hydrogen-bond acceptors (Lipinski definition) is 2. The van der Waals surface area contributed by atoms with Gasteiger partial charge in [0, 0.05) is 18.1 Å². The highest BCUT2D eigenvalue weighted by atomic mass is 35.5. The number of benzene rings is 1. The number of carbonyl (C=O) groups excluding carboxylic acids is 1. The smallest absolute Gasteiger partial charge is 0.337 e. The van der Waals surface area contributed by atoms with Crippen LogP contribution in [0.1, 0.15) is 29.6 Å². The first-order chi connectivity index (χ1) is 10.0. The van der Waals surface area contributed by atoms with E-state index < -0.39 is 5.97 Å². The highest BCUT2D eigenvalue weighted by molar-refractivity contribution is 6.31. The first kappa shape index (κ1) is 14.2. The fourth-order valence-electron chi connectivity index (χ4n) is 3.40. The molecule has 6 heteroatoms. The molecule has 1 aliphatic carbocycles. The molecule has 2 fully saturated rings. The minimum atomic E-state index is -1.11. The third kappa shape index (κ3) is 2.83. The number of carboxylic acids is 1. The lowest BCUT2D eigenvalue weighted by molar-refractivity contribution is 0.0698. The van der Waals surface area contributed by atoms with E-state index in [4.69, 9.17) is 11.6 Å². The van der Waals surface area contributed by atoms with Crippen LogP contribution in [0.4, 0.5) is 10.5 Å². The second-order valence-corrected chi connectivity index (χ2v) is 6.22. The molecule has 5 nitrogen and oxygen atoms in total. The van der Waals surface area contributed by atoms with E-state index in [0.717, 1.165) is 13.1 Å². The molecule has 2 unspecified atom stereocenters. The van der Waals surface area contributed by atoms with E-state index in [1.807, 2.05) is 0 Å². The van der Waals surface area contributed by atoms with Gasteiger partial charge in [-0.15, -0.1) is 0 Å². The van der Waals surface area contributed by atoms with E-state index in [-0.39, 0.29) is 17.3 Å². The number of nitrogens with zero attached hydrogens (tertiary/aromatic N) is 1. The molecule has 1 aliphatic heterocycles. The van der Waals surface area contributed by atoms with Gasteiger partial charge in [-0.3, -0.25) is 0 Å². The predicted molar refractivity (Wildman–Crippen MR) is 79.8 cm³/mol. The van der Waals surface area contributed by atoms with Crippen molar-refractivity contribution in [1.29, 1.82) is 0 Å². The van der Waals surface area contributed by atoms with Crippen LogP contribution in [0.25, 0.3) is 0 Å². The molecule has 1 aromatic carbocycles. The number of nitrogens with one attached hydrogen (secondary N) is 1. The molecule has 2 N–H and O–H groups in total. The van der Waals surface area contributed by atoms with E-state index in [2.05, 4.69) is 5.32 Å². The largest absolute Gasteiger partial charge is 0.478 e. The van der Waals surface area contributed by atoms with E-state index in [1.165, 1.54) is 31.4 Å². The molecule has 1 saturated carbocycles. The standard InChI is InChI=1S/C15H17ClN2O3/c16-11-4-5-13(12(6-11)14(19)20)17-15(21)18-7-9-2-1-3-10(9)8-18/h4-6,9-10H,1-3,7-8H2,(H,17,21)(H,19,20). The minimum absolute atomic E-state index is 0.00948. The van der Waals surface area contributed by atoms with Gasteiger partial charge in [0.2, 0.25) is 0 Å². The van der Waals surface area contributed by atoms with Crippen molar-refractivity contribution in [3.05, 3.63) is 28.8 Å². The van der Waals surface area contributed by atoms with Crippen molar-refractivity contribution in [2.45, 2.75) is 19.3 Å². The maximum absolute atomic E-state index is 12.3. The summed E-state index contributed by atoms with van der Waals surface area (Å²) < 4.78 is 0. The van der Waals surface area contributed by atoms with Gasteiger partial charge in [-0.2, -0.15) is 0 Å². The molecule has 3 rings (SSSR count). The fourth-order valence-corrected chi connectivity index (χ4v) is 3.57. The van der Waals surface area contributed by atoms with E-state index >= 15 is 0 Å². The molecule has 1 aromatic rings. The summed E-state index contributed by atoms with van der Waals surface area (Å²) in [5.74, 6) is 0.117. The Bertz CT molecular complexity index is 578. The normalized spacial score (nSPS) is 24.0.